The van der Waals surface area contributed by atoms with Gasteiger partial charge in [-0.25, -0.2) is 4.98 Å². The zero-order valence-corrected chi connectivity index (χ0v) is 10.3. The minimum absolute atomic E-state index is 0.983. The number of imidazole rings is 1. The van der Waals surface area contributed by atoms with Gasteiger partial charge >= 0.3 is 0 Å². The fourth-order valence-electron chi connectivity index (χ4n) is 1.61. The molecule has 0 aliphatic carbocycles. The van der Waals surface area contributed by atoms with Gasteiger partial charge in [-0.05, 0) is 32.0 Å². The first kappa shape index (κ1) is 11.4. The molecule has 86 valence electrons. The fourth-order valence-corrected chi connectivity index (χ4v) is 2.47. The number of aromatic amines is 1. The lowest BCUT2D eigenvalue weighted by atomic mass is 10.3. The first-order valence-electron chi connectivity index (χ1n) is 5.59. The zero-order valence-electron chi connectivity index (χ0n) is 9.49. The Balaban J connectivity index is 1.59. The van der Waals surface area contributed by atoms with Crippen LogP contribution in [0.2, 0.25) is 0 Å². The Morgan fingerprint density at radius 3 is 3.06 bits per heavy atom. The van der Waals surface area contributed by atoms with E-state index in [2.05, 4.69) is 34.3 Å². The normalized spacial score (nSPS) is 10.8. The summed E-state index contributed by atoms with van der Waals surface area (Å²) in [6.07, 6.45) is 5.82. The Bertz CT molecular complexity index is 406. The lowest BCUT2D eigenvalue weighted by molar-refractivity contribution is 0.645. The van der Waals surface area contributed by atoms with Gasteiger partial charge in [-0.3, -0.25) is 0 Å². The molecule has 0 aliphatic heterocycles. The third kappa shape index (κ3) is 3.47. The van der Waals surface area contributed by atoms with Gasteiger partial charge in [0.15, 0.2) is 0 Å². The molecule has 0 aliphatic rings. The topological polar surface area (TPSA) is 40.7 Å². The van der Waals surface area contributed by atoms with Crippen LogP contribution < -0.4 is 5.32 Å². The molecule has 2 aromatic heterocycles. The minimum Gasteiger partial charge on any atom is -0.349 e. The van der Waals surface area contributed by atoms with E-state index in [1.165, 1.54) is 9.75 Å². The first-order chi connectivity index (χ1) is 7.84. The monoisotopic (exact) mass is 235 g/mol. The molecule has 0 fully saturated rings. The standard InChI is InChI=1S/C12H17N3S/c1-10-4-5-11(16-10)9-13-6-2-3-12-14-7-8-15-12/h4-5,7-8,13H,2-3,6,9H2,1H3,(H,14,15). The molecular weight excluding hydrogens is 218 g/mol. The molecule has 2 rings (SSSR count). The molecule has 3 nitrogen and oxygen atoms in total. The molecule has 0 unspecified atom stereocenters. The summed E-state index contributed by atoms with van der Waals surface area (Å²) in [6, 6.07) is 4.37. The van der Waals surface area contributed by atoms with E-state index >= 15 is 0 Å². The molecule has 2 N–H and O–H groups in total. The lowest BCUT2D eigenvalue weighted by Crippen LogP contribution is -2.14. The van der Waals surface area contributed by atoms with E-state index in [9.17, 15) is 0 Å². The van der Waals surface area contributed by atoms with Crippen LogP contribution >= 0.6 is 11.3 Å². The van der Waals surface area contributed by atoms with Gasteiger partial charge in [0.2, 0.25) is 0 Å². The fraction of sp³-hybridized carbons (Fsp3) is 0.417. The van der Waals surface area contributed by atoms with Crippen molar-refractivity contribution in [1.82, 2.24) is 15.3 Å². The van der Waals surface area contributed by atoms with Crippen molar-refractivity contribution >= 4 is 11.3 Å². The van der Waals surface area contributed by atoms with E-state index < -0.39 is 0 Å². The number of nitrogens with zero attached hydrogens (tertiary/aromatic N) is 1. The summed E-state index contributed by atoms with van der Waals surface area (Å²) in [4.78, 5) is 10.1. The maximum atomic E-state index is 4.19. The summed E-state index contributed by atoms with van der Waals surface area (Å²) in [6.45, 7) is 4.17. The van der Waals surface area contributed by atoms with Gasteiger partial charge in [-0.2, -0.15) is 0 Å². The summed E-state index contributed by atoms with van der Waals surface area (Å²) in [5.74, 6) is 1.08. The number of aromatic nitrogens is 2. The number of rotatable bonds is 6. The predicted octanol–water partition coefficient (Wildman–Crippen LogP) is 2.50. The number of H-pyrrole nitrogens is 1. The Morgan fingerprint density at radius 1 is 1.44 bits per heavy atom. The number of aryl methyl sites for hydroxylation is 2. The van der Waals surface area contributed by atoms with E-state index in [0.717, 1.165) is 31.8 Å². The van der Waals surface area contributed by atoms with Crippen molar-refractivity contribution in [3.63, 3.8) is 0 Å². The Morgan fingerprint density at radius 2 is 2.38 bits per heavy atom. The lowest BCUT2D eigenvalue weighted by Gasteiger charge is -2.01. The SMILES string of the molecule is Cc1ccc(CNCCCc2ncc[nH]2)s1. The van der Waals surface area contributed by atoms with Crippen LogP contribution in [-0.2, 0) is 13.0 Å². The molecule has 0 saturated carbocycles. The summed E-state index contributed by atoms with van der Waals surface area (Å²) in [5, 5.41) is 3.45. The minimum atomic E-state index is 0.983. The molecule has 0 aromatic carbocycles. The molecule has 16 heavy (non-hydrogen) atoms. The quantitative estimate of drug-likeness (QED) is 0.755. The molecule has 0 radical (unpaired) electrons. The third-order valence-electron chi connectivity index (χ3n) is 2.42. The van der Waals surface area contributed by atoms with E-state index in [0.29, 0.717) is 0 Å². The van der Waals surface area contributed by atoms with Crippen molar-refractivity contribution in [2.45, 2.75) is 26.3 Å². The third-order valence-corrected chi connectivity index (χ3v) is 3.42. The van der Waals surface area contributed by atoms with Gasteiger partial charge in [-0.1, -0.05) is 0 Å². The average Bonchev–Trinajstić information content (AvgIpc) is 2.89. The van der Waals surface area contributed by atoms with E-state index in [1.54, 1.807) is 6.20 Å². The van der Waals surface area contributed by atoms with Crippen molar-refractivity contribution < 1.29 is 0 Å². The van der Waals surface area contributed by atoms with Crippen LogP contribution in [0.5, 0.6) is 0 Å². The van der Waals surface area contributed by atoms with Crippen LogP contribution in [0.1, 0.15) is 22.0 Å². The molecular formula is C12H17N3S. The highest BCUT2D eigenvalue weighted by molar-refractivity contribution is 7.11. The highest BCUT2D eigenvalue weighted by Gasteiger charge is 1.97. The van der Waals surface area contributed by atoms with Crippen LogP contribution in [0.3, 0.4) is 0 Å². The van der Waals surface area contributed by atoms with Crippen LogP contribution in [0.25, 0.3) is 0 Å². The van der Waals surface area contributed by atoms with Crippen LogP contribution in [0.15, 0.2) is 24.5 Å². The Hall–Kier alpha value is -1.13. The number of thiophene rings is 1. The van der Waals surface area contributed by atoms with Gasteiger partial charge in [-0.15, -0.1) is 11.3 Å². The average molecular weight is 235 g/mol. The van der Waals surface area contributed by atoms with Crippen molar-refractivity contribution in [2.75, 3.05) is 6.54 Å². The number of hydrogen-bond donors (Lipinski definition) is 2. The van der Waals surface area contributed by atoms with E-state index in [4.69, 9.17) is 0 Å². The van der Waals surface area contributed by atoms with Gasteiger partial charge in [0.25, 0.3) is 0 Å². The second-order valence-corrected chi connectivity index (χ2v) is 5.20. The summed E-state index contributed by atoms with van der Waals surface area (Å²) in [5.41, 5.74) is 0. The molecule has 2 heterocycles. The maximum Gasteiger partial charge on any atom is 0.106 e. The molecule has 2 aromatic rings. The second kappa shape index (κ2) is 5.82. The Labute approximate surface area is 99.9 Å². The molecule has 4 heteroatoms. The van der Waals surface area contributed by atoms with Gasteiger partial charge in [0, 0.05) is 35.1 Å². The molecule has 0 bridgehead atoms. The Kier molecular flexibility index (Phi) is 4.13. The van der Waals surface area contributed by atoms with Crippen molar-refractivity contribution in [3.05, 3.63) is 40.1 Å². The van der Waals surface area contributed by atoms with Gasteiger partial charge in [0.05, 0.1) is 0 Å². The molecule has 0 spiro atoms. The van der Waals surface area contributed by atoms with Crippen LogP contribution in [-0.4, -0.2) is 16.5 Å². The maximum absolute atomic E-state index is 4.19. The summed E-state index contributed by atoms with van der Waals surface area (Å²) < 4.78 is 0. The van der Waals surface area contributed by atoms with E-state index in [-0.39, 0.29) is 0 Å². The molecule has 0 atom stereocenters. The molecule has 0 amide bonds. The predicted molar refractivity (Wildman–Crippen MR) is 67.7 cm³/mol. The van der Waals surface area contributed by atoms with Crippen molar-refractivity contribution in [2.24, 2.45) is 0 Å². The summed E-state index contributed by atoms with van der Waals surface area (Å²) in [7, 11) is 0. The highest BCUT2D eigenvalue weighted by Crippen LogP contribution is 2.14. The first-order valence-corrected chi connectivity index (χ1v) is 6.40. The second-order valence-electron chi connectivity index (χ2n) is 3.83. The van der Waals surface area contributed by atoms with Crippen LogP contribution in [0, 0.1) is 6.92 Å². The molecule has 0 saturated heterocycles. The zero-order chi connectivity index (χ0) is 11.2. The van der Waals surface area contributed by atoms with Crippen molar-refractivity contribution in [3.8, 4) is 0 Å². The van der Waals surface area contributed by atoms with Crippen LogP contribution in [0.4, 0.5) is 0 Å². The number of hydrogen-bond acceptors (Lipinski definition) is 3. The van der Waals surface area contributed by atoms with Crippen molar-refractivity contribution in [1.29, 1.82) is 0 Å². The highest BCUT2D eigenvalue weighted by atomic mass is 32.1. The summed E-state index contributed by atoms with van der Waals surface area (Å²) >= 11 is 1.86. The van der Waals surface area contributed by atoms with Gasteiger partial charge in [0.1, 0.15) is 5.82 Å². The largest absolute Gasteiger partial charge is 0.349 e. The van der Waals surface area contributed by atoms with Gasteiger partial charge < -0.3 is 10.3 Å². The smallest absolute Gasteiger partial charge is 0.106 e. The number of nitrogens with one attached hydrogen (secondary N) is 2. The van der Waals surface area contributed by atoms with E-state index in [1.807, 2.05) is 17.5 Å².